The Morgan fingerprint density at radius 1 is 1.00 bits per heavy atom. The van der Waals surface area contributed by atoms with E-state index in [4.69, 9.17) is 17.0 Å². The highest BCUT2D eigenvalue weighted by atomic mass is 32.1. The molecule has 4 heteroatoms. The zero-order valence-corrected chi connectivity index (χ0v) is 15.3. The molecule has 2 aromatic carbocycles. The molecule has 0 aliphatic carbocycles. The Hall–Kier alpha value is -1.91. The Morgan fingerprint density at radius 2 is 1.64 bits per heavy atom. The summed E-state index contributed by atoms with van der Waals surface area (Å²) in [6, 6.07) is 21.3. The minimum atomic E-state index is 0.307. The first-order valence-electron chi connectivity index (χ1n) is 9.06. The SMILES string of the molecule is S=C(NCCC(c1ccccc1)c1ccccc1)NC[C@H]1CCCO1. The topological polar surface area (TPSA) is 33.3 Å². The van der Waals surface area contributed by atoms with Crippen LogP contribution in [0.4, 0.5) is 0 Å². The fraction of sp³-hybridized carbons (Fsp3) is 0.381. The quantitative estimate of drug-likeness (QED) is 0.740. The first kappa shape index (κ1) is 17.9. The maximum atomic E-state index is 5.61. The van der Waals surface area contributed by atoms with E-state index in [-0.39, 0.29) is 0 Å². The van der Waals surface area contributed by atoms with Crippen molar-refractivity contribution >= 4 is 17.3 Å². The molecule has 1 saturated heterocycles. The number of ether oxygens (including phenoxy) is 1. The van der Waals surface area contributed by atoms with Crippen molar-refractivity contribution < 1.29 is 4.74 Å². The summed E-state index contributed by atoms with van der Waals surface area (Å²) < 4.78 is 5.61. The molecule has 1 heterocycles. The van der Waals surface area contributed by atoms with Gasteiger partial charge in [-0.15, -0.1) is 0 Å². The number of nitrogens with one attached hydrogen (secondary N) is 2. The van der Waals surface area contributed by atoms with Crippen LogP contribution < -0.4 is 10.6 Å². The van der Waals surface area contributed by atoms with Crippen LogP contribution in [0.5, 0.6) is 0 Å². The molecule has 0 radical (unpaired) electrons. The summed E-state index contributed by atoms with van der Waals surface area (Å²) >= 11 is 5.40. The van der Waals surface area contributed by atoms with Crippen molar-refractivity contribution in [2.24, 2.45) is 0 Å². The van der Waals surface area contributed by atoms with Gasteiger partial charge in [-0.05, 0) is 42.6 Å². The lowest BCUT2D eigenvalue weighted by atomic mass is 9.88. The van der Waals surface area contributed by atoms with Crippen molar-refractivity contribution in [1.82, 2.24) is 10.6 Å². The van der Waals surface area contributed by atoms with E-state index in [2.05, 4.69) is 71.3 Å². The zero-order chi connectivity index (χ0) is 17.3. The van der Waals surface area contributed by atoms with E-state index in [1.165, 1.54) is 11.1 Å². The average Bonchev–Trinajstić information content (AvgIpc) is 3.19. The van der Waals surface area contributed by atoms with Gasteiger partial charge in [0, 0.05) is 25.6 Å². The van der Waals surface area contributed by atoms with Gasteiger partial charge in [0.05, 0.1) is 6.10 Å². The molecule has 0 unspecified atom stereocenters. The largest absolute Gasteiger partial charge is 0.376 e. The van der Waals surface area contributed by atoms with Gasteiger partial charge in [-0.25, -0.2) is 0 Å². The van der Waals surface area contributed by atoms with Crippen molar-refractivity contribution in [3.05, 3.63) is 71.8 Å². The van der Waals surface area contributed by atoms with Crippen LogP contribution in [-0.2, 0) is 4.74 Å². The molecular formula is C21H26N2OS. The predicted molar refractivity (Wildman–Crippen MR) is 107 cm³/mol. The third-order valence-corrected chi connectivity index (χ3v) is 4.93. The fourth-order valence-corrected chi connectivity index (χ4v) is 3.49. The van der Waals surface area contributed by atoms with Crippen LogP contribution in [0.1, 0.15) is 36.3 Å². The first-order chi connectivity index (χ1) is 12.3. The van der Waals surface area contributed by atoms with Crippen LogP contribution in [-0.4, -0.2) is 30.9 Å². The molecule has 3 nitrogen and oxygen atoms in total. The third kappa shape index (κ3) is 5.55. The minimum Gasteiger partial charge on any atom is -0.376 e. The molecule has 0 saturated carbocycles. The molecule has 0 spiro atoms. The van der Waals surface area contributed by atoms with Gasteiger partial charge in [0.15, 0.2) is 5.11 Å². The summed E-state index contributed by atoms with van der Waals surface area (Å²) in [5, 5.41) is 7.33. The molecule has 0 aromatic heterocycles. The smallest absolute Gasteiger partial charge is 0.166 e. The second kappa shape index (κ2) is 9.54. The Morgan fingerprint density at radius 3 is 2.20 bits per heavy atom. The van der Waals surface area contributed by atoms with Crippen molar-refractivity contribution in [2.75, 3.05) is 19.7 Å². The highest BCUT2D eigenvalue weighted by Gasteiger charge is 2.16. The summed E-state index contributed by atoms with van der Waals surface area (Å²) in [7, 11) is 0. The Kier molecular flexibility index (Phi) is 6.83. The van der Waals surface area contributed by atoms with Gasteiger partial charge in [-0.2, -0.15) is 0 Å². The lowest BCUT2D eigenvalue weighted by Gasteiger charge is -2.19. The zero-order valence-electron chi connectivity index (χ0n) is 14.5. The van der Waals surface area contributed by atoms with Gasteiger partial charge >= 0.3 is 0 Å². The molecule has 1 aliphatic rings. The highest BCUT2D eigenvalue weighted by Crippen LogP contribution is 2.27. The van der Waals surface area contributed by atoms with Gasteiger partial charge in [0.1, 0.15) is 0 Å². The lowest BCUT2D eigenvalue weighted by Crippen LogP contribution is -2.40. The van der Waals surface area contributed by atoms with Crippen molar-refractivity contribution in [3.8, 4) is 0 Å². The predicted octanol–water partition coefficient (Wildman–Crippen LogP) is 3.85. The summed E-state index contributed by atoms with van der Waals surface area (Å²) in [4.78, 5) is 0. The highest BCUT2D eigenvalue weighted by molar-refractivity contribution is 7.80. The van der Waals surface area contributed by atoms with Gasteiger partial charge in [0.2, 0.25) is 0 Å². The van der Waals surface area contributed by atoms with Gasteiger partial charge < -0.3 is 15.4 Å². The van der Waals surface area contributed by atoms with E-state index in [0.717, 1.165) is 44.1 Å². The van der Waals surface area contributed by atoms with Crippen molar-refractivity contribution in [3.63, 3.8) is 0 Å². The van der Waals surface area contributed by atoms with Gasteiger partial charge in [0.25, 0.3) is 0 Å². The van der Waals surface area contributed by atoms with E-state index >= 15 is 0 Å². The van der Waals surface area contributed by atoms with E-state index in [9.17, 15) is 0 Å². The molecule has 3 rings (SSSR count). The number of thiocarbonyl (C=S) groups is 1. The third-order valence-electron chi connectivity index (χ3n) is 4.64. The Labute approximate surface area is 155 Å². The van der Waals surface area contributed by atoms with E-state index in [0.29, 0.717) is 12.0 Å². The molecule has 1 fully saturated rings. The lowest BCUT2D eigenvalue weighted by molar-refractivity contribution is 0.114. The number of rotatable bonds is 7. The van der Waals surface area contributed by atoms with Crippen LogP contribution >= 0.6 is 12.2 Å². The number of hydrogen-bond donors (Lipinski definition) is 2. The molecule has 132 valence electrons. The van der Waals surface area contributed by atoms with Crippen LogP contribution in [0.2, 0.25) is 0 Å². The second-order valence-electron chi connectivity index (χ2n) is 6.43. The molecule has 1 aliphatic heterocycles. The van der Waals surface area contributed by atoms with E-state index in [1.807, 2.05) is 0 Å². The van der Waals surface area contributed by atoms with E-state index < -0.39 is 0 Å². The van der Waals surface area contributed by atoms with Gasteiger partial charge in [-0.3, -0.25) is 0 Å². The molecule has 1 atom stereocenters. The maximum absolute atomic E-state index is 5.61. The second-order valence-corrected chi connectivity index (χ2v) is 6.84. The normalized spacial score (nSPS) is 16.8. The summed E-state index contributed by atoms with van der Waals surface area (Å²) in [6.45, 7) is 2.51. The minimum absolute atomic E-state index is 0.307. The fourth-order valence-electron chi connectivity index (χ4n) is 3.30. The van der Waals surface area contributed by atoms with Crippen molar-refractivity contribution in [1.29, 1.82) is 0 Å². The molecule has 0 amide bonds. The van der Waals surface area contributed by atoms with Crippen LogP contribution in [0, 0.1) is 0 Å². The van der Waals surface area contributed by atoms with Crippen molar-refractivity contribution in [2.45, 2.75) is 31.3 Å². The standard InChI is InChI=1S/C21H26N2OS/c25-21(23-16-19-12-7-15-24-19)22-14-13-20(17-8-3-1-4-9-17)18-10-5-2-6-11-18/h1-6,8-11,19-20H,7,12-16H2,(H2,22,23,25)/t19-/m1/s1. The van der Waals surface area contributed by atoms with E-state index in [1.54, 1.807) is 0 Å². The molecule has 25 heavy (non-hydrogen) atoms. The Bertz CT molecular complexity index is 602. The molecule has 0 bridgehead atoms. The monoisotopic (exact) mass is 354 g/mol. The maximum Gasteiger partial charge on any atom is 0.166 e. The van der Waals surface area contributed by atoms with Gasteiger partial charge in [-0.1, -0.05) is 60.7 Å². The Balaban J connectivity index is 1.51. The first-order valence-corrected chi connectivity index (χ1v) is 9.47. The van der Waals surface area contributed by atoms with Crippen LogP contribution in [0.15, 0.2) is 60.7 Å². The summed E-state index contributed by atoms with van der Waals surface area (Å²) in [5.74, 6) is 0.371. The molecule has 2 aromatic rings. The molecule has 2 N–H and O–H groups in total. The number of benzene rings is 2. The number of hydrogen-bond acceptors (Lipinski definition) is 2. The summed E-state index contributed by atoms with van der Waals surface area (Å²) in [6.07, 6.45) is 3.58. The average molecular weight is 355 g/mol. The molecular weight excluding hydrogens is 328 g/mol. The summed E-state index contributed by atoms with van der Waals surface area (Å²) in [5.41, 5.74) is 2.68. The van der Waals surface area contributed by atoms with Crippen LogP contribution in [0.3, 0.4) is 0 Å². The van der Waals surface area contributed by atoms with Crippen LogP contribution in [0.25, 0.3) is 0 Å².